The fraction of sp³-hybridized carbons (Fsp3) is 0.143. The molecule has 0 spiro atoms. The van der Waals surface area contributed by atoms with E-state index >= 15 is 0 Å². The predicted octanol–water partition coefficient (Wildman–Crippen LogP) is 4.24. The van der Waals surface area contributed by atoms with Crippen LogP contribution in [0.1, 0.15) is 22.7 Å². The number of nitrogens with one attached hydrogen (secondary N) is 1. The molecule has 0 saturated carbocycles. The average Bonchev–Trinajstić information content (AvgIpc) is 2.40. The van der Waals surface area contributed by atoms with Gasteiger partial charge in [-0.2, -0.15) is 0 Å². The molecule has 106 valence electrons. The summed E-state index contributed by atoms with van der Waals surface area (Å²) in [7, 11) is 0. The lowest BCUT2D eigenvalue weighted by atomic mass is 9.96. The van der Waals surface area contributed by atoms with E-state index in [0.29, 0.717) is 20.6 Å². The van der Waals surface area contributed by atoms with Crippen LogP contribution in [0.25, 0.3) is 0 Å². The Hall–Kier alpha value is -1.01. The van der Waals surface area contributed by atoms with Gasteiger partial charge in [-0.25, -0.2) is 14.2 Å². The molecule has 0 aromatic heterocycles. The summed E-state index contributed by atoms with van der Waals surface area (Å²) in [6, 6.07) is 6.74. The first-order chi connectivity index (χ1) is 9.45. The molecule has 3 N–H and O–H groups in total. The Morgan fingerprint density at radius 3 is 2.55 bits per heavy atom. The third-order valence-corrected chi connectivity index (χ3v) is 3.97. The van der Waals surface area contributed by atoms with E-state index in [4.69, 9.17) is 17.4 Å². The topological polar surface area (TPSA) is 38.0 Å². The summed E-state index contributed by atoms with van der Waals surface area (Å²) in [6.07, 6.45) is 0. The van der Waals surface area contributed by atoms with Gasteiger partial charge in [-0.15, -0.1) is 0 Å². The maximum Gasteiger partial charge on any atom is 0.134 e. The van der Waals surface area contributed by atoms with Crippen molar-refractivity contribution in [2.24, 2.45) is 5.84 Å². The monoisotopic (exact) mass is 360 g/mol. The molecule has 0 aliphatic carbocycles. The van der Waals surface area contributed by atoms with E-state index in [0.717, 1.165) is 0 Å². The van der Waals surface area contributed by atoms with Crippen LogP contribution in [0, 0.1) is 18.6 Å². The van der Waals surface area contributed by atoms with Gasteiger partial charge in [-0.3, -0.25) is 5.84 Å². The van der Waals surface area contributed by atoms with E-state index in [1.54, 1.807) is 25.1 Å². The van der Waals surface area contributed by atoms with Crippen molar-refractivity contribution in [1.82, 2.24) is 5.43 Å². The third-order valence-electron chi connectivity index (χ3n) is 3.05. The third kappa shape index (κ3) is 2.86. The molecule has 2 aromatic rings. The lowest BCUT2D eigenvalue weighted by Gasteiger charge is -2.20. The Kier molecular flexibility index (Phi) is 4.75. The van der Waals surface area contributed by atoms with Crippen molar-refractivity contribution in [1.29, 1.82) is 0 Å². The molecule has 6 heteroatoms. The fourth-order valence-corrected chi connectivity index (χ4v) is 2.92. The van der Waals surface area contributed by atoms with Crippen LogP contribution in [-0.4, -0.2) is 0 Å². The molecule has 0 bridgehead atoms. The fourth-order valence-electron chi connectivity index (χ4n) is 2.01. The molecule has 1 unspecified atom stereocenters. The summed E-state index contributed by atoms with van der Waals surface area (Å²) in [5.41, 5.74) is 3.29. The second-order valence-electron chi connectivity index (χ2n) is 4.36. The number of rotatable bonds is 3. The second kappa shape index (κ2) is 6.18. The zero-order chi connectivity index (χ0) is 14.9. The first-order valence-corrected chi connectivity index (χ1v) is 6.98. The molecule has 0 radical (unpaired) electrons. The lowest BCUT2D eigenvalue weighted by Crippen LogP contribution is -2.30. The number of hydrogen-bond acceptors (Lipinski definition) is 2. The van der Waals surface area contributed by atoms with E-state index in [1.165, 1.54) is 12.1 Å². The van der Waals surface area contributed by atoms with Crippen LogP contribution in [0.2, 0.25) is 5.02 Å². The van der Waals surface area contributed by atoms with Crippen LogP contribution < -0.4 is 11.3 Å². The van der Waals surface area contributed by atoms with Crippen molar-refractivity contribution in [2.75, 3.05) is 0 Å². The largest absolute Gasteiger partial charge is 0.271 e. The van der Waals surface area contributed by atoms with Gasteiger partial charge in [0, 0.05) is 15.1 Å². The van der Waals surface area contributed by atoms with Crippen molar-refractivity contribution >= 4 is 27.5 Å². The van der Waals surface area contributed by atoms with Gasteiger partial charge in [0.05, 0.1) is 6.04 Å². The lowest BCUT2D eigenvalue weighted by molar-refractivity contribution is 0.506. The minimum absolute atomic E-state index is 0.115. The summed E-state index contributed by atoms with van der Waals surface area (Å²) in [5.74, 6) is 4.22. The van der Waals surface area contributed by atoms with Gasteiger partial charge in [0.1, 0.15) is 11.6 Å². The number of hydrazine groups is 1. The summed E-state index contributed by atoms with van der Waals surface area (Å²) in [4.78, 5) is 0. The van der Waals surface area contributed by atoms with E-state index in [2.05, 4.69) is 21.4 Å². The maximum absolute atomic E-state index is 14.2. The zero-order valence-corrected chi connectivity index (χ0v) is 12.9. The Bertz CT molecular complexity index is 649. The minimum atomic E-state index is -0.818. The van der Waals surface area contributed by atoms with E-state index < -0.39 is 17.7 Å². The highest BCUT2D eigenvalue weighted by atomic mass is 79.9. The van der Waals surface area contributed by atoms with Gasteiger partial charge in [-0.05, 0) is 36.2 Å². The standard InChI is InChI=1S/C14H12BrClF2N2/c1-7-2-5-11(17)12(13(7)18)14(20-19)9-4-3-8(16)6-10(9)15/h2-6,14,20H,19H2,1H3. The molecule has 20 heavy (non-hydrogen) atoms. The van der Waals surface area contributed by atoms with E-state index in [1.807, 2.05) is 0 Å². The van der Waals surface area contributed by atoms with Crippen LogP contribution in [-0.2, 0) is 0 Å². The number of benzene rings is 2. The molecule has 0 amide bonds. The van der Waals surface area contributed by atoms with Gasteiger partial charge in [0.15, 0.2) is 0 Å². The summed E-state index contributed by atoms with van der Waals surface area (Å²) < 4.78 is 28.8. The van der Waals surface area contributed by atoms with Crippen molar-refractivity contribution in [3.05, 3.63) is 68.2 Å². The van der Waals surface area contributed by atoms with Crippen molar-refractivity contribution in [3.63, 3.8) is 0 Å². The summed E-state index contributed by atoms with van der Waals surface area (Å²) in [5, 5.41) is 0.515. The van der Waals surface area contributed by atoms with Crippen molar-refractivity contribution in [2.45, 2.75) is 13.0 Å². The average molecular weight is 362 g/mol. The molecule has 2 nitrogen and oxygen atoms in total. The van der Waals surface area contributed by atoms with Gasteiger partial charge < -0.3 is 0 Å². The van der Waals surface area contributed by atoms with Crippen molar-refractivity contribution in [3.8, 4) is 0 Å². The molecule has 0 aliphatic rings. The number of aryl methyl sites for hydroxylation is 1. The summed E-state index contributed by atoms with van der Waals surface area (Å²) >= 11 is 9.20. The molecule has 0 heterocycles. The molecular weight excluding hydrogens is 350 g/mol. The normalized spacial score (nSPS) is 12.5. The van der Waals surface area contributed by atoms with Crippen LogP contribution in [0.4, 0.5) is 8.78 Å². The highest BCUT2D eigenvalue weighted by molar-refractivity contribution is 9.10. The van der Waals surface area contributed by atoms with E-state index in [9.17, 15) is 8.78 Å². The number of hydrogen-bond donors (Lipinski definition) is 2. The SMILES string of the molecule is Cc1ccc(F)c(C(NN)c2ccc(Cl)cc2Br)c1F. The molecule has 2 aromatic carbocycles. The Labute approximate surface area is 129 Å². The van der Waals surface area contributed by atoms with Crippen LogP contribution in [0.5, 0.6) is 0 Å². The minimum Gasteiger partial charge on any atom is -0.271 e. The molecule has 0 aliphatic heterocycles. The summed E-state index contributed by atoms with van der Waals surface area (Å²) in [6.45, 7) is 1.57. The van der Waals surface area contributed by atoms with Crippen molar-refractivity contribution < 1.29 is 8.78 Å². The molecule has 0 fully saturated rings. The Morgan fingerprint density at radius 2 is 1.95 bits per heavy atom. The Balaban J connectivity index is 2.61. The molecular formula is C14H12BrClF2N2. The van der Waals surface area contributed by atoms with Gasteiger partial charge in [0.25, 0.3) is 0 Å². The first-order valence-electron chi connectivity index (χ1n) is 5.81. The smallest absolute Gasteiger partial charge is 0.134 e. The highest BCUT2D eigenvalue weighted by Crippen LogP contribution is 2.33. The zero-order valence-electron chi connectivity index (χ0n) is 10.6. The first kappa shape index (κ1) is 15.4. The van der Waals surface area contributed by atoms with Gasteiger partial charge in [-0.1, -0.05) is 39.7 Å². The van der Waals surface area contributed by atoms with E-state index in [-0.39, 0.29) is 5.56 Å². The van der Waals surface area contributed by atoms with Crippen LogP contribution in [0.3, 0.4) is 0 Å². The van der Waals surface area contributed by atoms with Crippen LogP contribution in [0.15, 0.2) is 34.8 Å². The quantitative estimate of drug-likeness (QED) is 0.634. The molecule has 0 saturated heterocycles. The Morgan fingerprint density at radius 1 is 1.25 bits per heavy atom. The van der Waals surface area contributed by atoms with Crippen LogP contribution >= 0.6 is 27.5 Å². The predicted molar refractivity (Wildman–Crippen MR) is 79.4 cm³/mol. The van der Waals surface area contributed by atoms with Gasteiger partial charge >= 0.3 is 0 Å². The maximum atomic E-state index is 14.2. The number of nitrogens with two attached hydrogens (primary N) is 1. The highest BCUT2D eigenvalue weighted by Gasteiger charge is 2.24. The number of halogens is 4. The molecule has 1 atom stereocenters. The second-order valence-corrected chi connectivity index (χ2v) is 5.65. The van der Waals surface area contributed by atoms with Gasteiger partial charge in [0.2, 0.25) is 0 Å². The molecule has 2 rings (SSSR count).